The van der Waals surface area contributed by atoms with Crippen molar-refractivity contribution < 1.29 is 19.1 Å². The summed E-state index contributed by atoms with van der Waals surface area (Å²) in [6.07, 6.45) is 1.38. The van der Waals surface area contributed by atoms with Crippen molar-refractivity contribution in [2.24, 2.45) is 0 Å². The molecule has 1 fully saturated rings. The molecule has 3 rings (SSSR count). The van der Waals surface area contributed by atoms with Gasteiger partial charge in [0.05, 0.1) is 4.88 Å². The van der Waals surface area contributed by atoms with Crippen molar-refractivity contribution in [2.75, 3.05) is 6.54 Å². The van der Waals surface area contributed by atoms with Crippen LogP contribution in [0, 0.1) is 0 Å². The maximum absolute atomic E-state index is 12.5. The molecular weight excluding hydrogens is 326 g/mol. The van der Waals surface area contributed by atoms with Gasteiger partial charge in [-0.2, -0.15) is 0 Å². The fourth-order valence-electron chi connectivity index (χ4n) is 2.74. The average Bonchev–Trinajstić information content (AvgIpc) is 3.26. The van der Waals surface area contributed by atoms with Crippen molar-refractivity contribution in [1.29, 1.82) is 0 Å². The molecule has 0 radical (unpaired) electrons. The van der Waals surface area contributed by atoms with Gasteiger partial charge in [-0.1, -0.05) is 6.07 Å². The van der Waals surface area contributed by atoms with Crippen LogP contribution in [0.15, 0.2) is 41.8 Å². The van der Waals surface area contributed by atoms with Gasteiger partial charge in [-0.15, -0.1) is 11.3 Å². The van der Waals surface area contributed by atoms with Gasteiger partial charge >= 0.3 is 5.97 Å². The Bertz CT molecular complexity index is 752. The molecule has 0 spiro atoms. The van der Waals surface area contributed by atoms with Crippen LogP contribution in [0.3, 0.4) is 0 Å². The van der Waals surface area contributed by atoms with Crippen molar-refractivity contribution in [3.8, 4) is 5.75 Å². The first-order valence-corrected chi connectivity index (χ1v) is 8.61. The topological polar surface area (TPSA) is 63.7 Å². The van der Waals surface area contributed by atoms with Gasteiger partial charge in [-0.05, 0) is 55.5 Å². The van der Waals surface area contributed by atoms with E-state index in [1.807, 2.05) is 11.4 Å². The first kappa shape index (κ1) is 16.4. The van der Waals surface area contributed by atoms with E-state index in [0.29, 0.717) is 29.2 Å². The Morgan fingerprint density at radius 3 is 2.54 bits per heavy atom. The standard InChI is InChI=1S/C18H17NO4S/c1-12(20)13-6-8-14(9-7-13)23-18(22)15-4-2-10-19(15)17(21)16-5-3-11-24-16/h3,5-9,11,15H,2,4,10H2,1H3/t15-/m0/s1. The zero-order valence-corrected chi connectivity index (χ0v) is 14.0. The Kier molecular flexibility index (Phi) is 4.76. The van der Waals surface area contributed by atoms with E-state index in [-0.39, 0.29) is 11.7 Å². The molecule has 0 N–H and O–H groups in total. The van der Waals surface area contributed by atoms with E-state index in [1.54, 1.807) is 35.2 Å². The molecule has 1 saturated heterocycles. The molecular formula is C18H17NO4S. The molecule has 2 heterocycles. The van der Waals surface area contributed by atoms with E-state index in [2.05, 4.69) is 0 Å². The Morgan fingerprint density at radius 1 is 1.17 bits per heavy atom. The molecule has 2 aromatic rings. The monoisotopic (exact) mass is 343 g/mol. The van der Waals surface area contributed by atoms with Crippen molar-refractivity contribution in [3.05, 3.63) is 52.2 Å². The SMILES string of the molecule is CC(=O)c1ccc(OC(=O)[C@@H]2CCCN2C(=O)c2cccs2)cc1. The lowest BCUT2D eigenvalue weighted by molar-refractivity contribution is -0.138. The van der Waals surface area contributed by atoms with E-state index in [1.165, 1.54) is 18.3 Å². The number of hydrogen-bond acceptors (Lipinski definition) is 5. The molecule has 124 valence electrons. The average molecular weight is 343 g/mol. The summed E-state index contributed by atoms with van der Waals surface area (Å²) in [5.41, 5.74) is 0.560. The summed E-state index contributed by atoms with van der Waals surface area (Å²) in [6, 6.07) is 9.44. The third kappa shape index (κ3) is 3.38. The smallest absolute Gasteiger partial charge is 0.334 e. The normalized spacial score (nSPS) is 16.9. The summed E-state index contributed by atoms with van der Waals surface area (Å²) in [7, 11) is 0. The minimum atomic E-state index is -0.563. The number of carbonyl (C=O) groups is 3. The predicted octanol–water partition coefficient (Wildman–Crippen LogP) is 3.16. The number of rotatable bonds is 4. The van der Waals surface area contributed by atoms with Crippen molar-refractivity contribution in [1.82, 2.24) is 4.90 Å². The lowest BCUT2D eigenvalue weighted by atomic mass is 10.1. The highest BCUT2D eigenvalue weighted by atomic mass is 32.1. The van der Waals surface area contributed by atoms with Crippen LogP contribution in [0.1, 0.15) is 39.8 Å². The van der Waals surface area contributed by atoms with Gasteiger partial charge < -0.3 is 9.64 Å². The quantitative estimate of drug-likeness (QED) is 0.486. The van der Waals surface area contributed by atoms with Gasteiger partial charge in [0.2, 0.25) is 0 Å². The van der Waals surface area contributed by atoms with Crippen LogP contribution in [-0.2, 0) is 4.79 Å². The Morgan fingerprint density at radius 2 is 1.92 bits per heavy atom. The van der Waals surface area contributed by atoms with Crippen LogP contribution >= 0.6 is 11.3 Å². The second-order valence-corrected chi connectivity index (χ2v) is 6.58. The van der Waals surface area contributed by atoms with Crippen molar-refractivity contribution >= 4 is 29.0 Å². The second kappa shape index (κ2) is 6.97. The van der Waals surface area contributed by atoms with Crippen molar-refractivity contribution in [2.45, 2.75) is 25.8 Å². The van der Waals surface area contributed by atoms with Gasteiger partial charge in [0.1, 0.15) is 11.8 Å². The summed E-state index contributed by atoms with van der Waals surface area (Å²) < 4.78 is 5.39. The summed E-state index contributed by atoms with van der Waals surface area (Å²) in [5.74, 6) is -0.235. The van der Waals surface area contributed by atoms with E-state index in [0.717, 1.165) is 6.42 Å². The number of benzene rings is 1. The Hall–Kier alpha value is -2.47. The van der Waals surface area contributed by atoms with E-state index < -0.39 is 12.0 Å². The van der Waals surface area contributed by atoms with Crippen LogP contribution in [0.25, 0.3) is 0 Å². The number of ether oxygens (including phenoxy) is 1. The molecule has 5 nitrogen and oxygen atoms in total. The minimum absolute atomic E-state index is 0.0450. The van der Waals surface area contributed by atoms with Crippen LogP contribution in [0.4, 0.5) is 0 Å². The highest BCUT2D eigenvalue weighted by molar-refractivity contribution is 7.12. The van der Waals surface area contributed by atoms with E-state index in [4.69, 9.17) is 4.74 Å². The first-order chi connectivity index (χ1) is 11.6. The predicted molar refractivity (Wildman–Crippen MR) is 90.5 cm³/mol. The van der Waals surface area contributed by atoms with Gasteiger partial charge in [-0.3, -0.25) is 9.59 Å². The lowest BCUT2D eigenvalue weighted by Crippen LogP contribution is -2.42. The zero-order valence-electron chi connectivity index (χ0n) is 13.2. The second-order valence-electron chi connectivity index (χ2n) is 5.64. The number of ketones is 1. The fourth-order valence-corrected chi connectivity index (χ4v) is 3.42. The van der Waals surface area contributed by atoms with Crippen molar-refractivity contribution in [3.63, 3.8) is 0 Å². The summed E-state index contributed by atoms with van der Waals surface area (Å²) in [5, 5.41) is 1.84. The maximum atomic E-state index is 12.5. The number of hydrogen-bond donors (Lipinski definition) is 0. The maximum Gasteiger partial charge on any atom is 0.334 e. The molecule has 0 aliphatic carbocycles. The first-order valence-electron chi connectivity index (χ1n) is 7.73. The number of thiophene rings is 1. The highest BCUT2D eigenvalue weighted by Gasteiger charge is 2.36. The van der Waals surface area contributed by atoms with E-state index in [9.17, 15) is 14.4 Å². The molecule has 0 saturated carbocycles. The summed E-state index contributed by atoms with van der Waals surface area (Å²) >= 11 is 1.36. The number of Topliss-reactive ketones (excluding diaryl/α,β-unsaturated/α-hetero) is 1. The summed E-state index contributed by atoms with van der Waals surface area (Å²) in [4.78, 5) is 38.4. The third-order valence-electron chi connectivity index (χ3n) is 4.00. The molecule has 1 aromatic heterocycles. The van der Waals surface area contributed by atoms with Gasteiger partial charge in [0.25, 0.3) is 5.91 Å². The highest BCUT2D eigenvalue weighted by Crippen LogP contribution is 2.24. The zero-order chi connectivity index (χ0) is 17.1. The number of carbonyl (C=O) groups excluding carboxylic acids is 3. The molecule has 1 aromatic carbocycles. The molecule has 0 bridgehead atoms. The molecule has 0 unspecified atom stereocenters. The number of amides is 1. The number of likely N-dealkylation sites (tertiary alicyclic amines) is 1. The molecule has 1 aliphatic heterocycles. The number of nitrogens with zero attached hydrogens (tertiary/aromatic N) is 1. The fraction of sp³-hybridized carbons (Fsp3) is 0.278. The number of esters is 1. The largest absolute Gasteiger partial charge is 0.425 e. The molecule has 1 aliphatic rings. The summed E-state index contributed by atoms with van der Waals surface area (Å²) in [6.45, 7) is 2.04. The molecule has 1 atom stereocenters. The molecule has 1 amide bonds. The van der Waals surface area contributed by atoms with Gasteiger partial charge in [-0.25, -0.2) is 4.79 Å². The van der Waals surface area contributed by atoms with Crippen LogP contribution in [0.5, 0.6) is 5.75 Å². The van der Waals surface area contributed by atoms with Gasteiger partial charge in [0, 0.05) is 12.1 Å². The van der Waals surface area contributed by atoms with Crippen LogP contribution in [0.2, 0.25) is 0 Å². The van der Waals surface area contributed by atoms with E-state index >= 15 is 0 Å². The van der Waals surface area contributed by atoms with Crippen LogP contribution in [-0.4, -0.2) is 35.1 Å². The lowest BCUT2D eigenvalue weighted by Gasteiger charge is -2.22. The van der Waals surface area contributed by atoms with Crippen LogP contribution < -0.4 is 4.74 Å². The molecule has 24 heavy (non-hydrogen) atoms. The third-order valence-corrected chi connectivity index (χ3v) is 4.85. The minimum Gasteiger partial charge on any atom is -0.425 e. The molecule has 6 heteroatoms. The van der Waals surface area contributed by atoms with Gasteiger partial charge in [0.15, 0.2) is 5.78 Å². The Balaban J connectivity index is 1.69. The Labute approximate surface area is 143 Å².